The third-order valence-electron chi connectivity index (χ3n) is 2.59. The van der Waals surface area contributed by atoms with Crippen molar-refractivity contribution in [2.45, 2.75) is 12.8 Å². The van der Waals surface area contributed by atoms with E-state index >= 15 is 0 Å². The van der Waals surface area contributed by atoms with Crippen LogP contribution in [0.3, 0.4) is 0 Å². The third-order valence-corrected chi connectivity index (χ3v) is 3.49. The number of aliphatic carboxylic acids is 1. The first kappa shape index (κ1) is 14.9. The monoisotopic (exact) mass is 307 g/mol. The summed E-state index contributed by atoms with van der Waals surface area (Å²) in [5.41, 5.74) is 0.470. The van der Waals surface area contributed by atoms with Crippen LogP contribution in [0.25, 0.3) is 0 Å². The number of amides is 1. The first-order valence-electron chi connectivity index (χ1n) is 6.08. The van der Waals surface area contributed by atoms with Crippen molar-refractivity contribution in [1.82, 2.24) is 10.2 Å². The van der Waals surface area contributed by atoms with Crippen molar-refractivity contribution < 1.29 is 19.4 Å². The molecular weight excluding hydrogens is 294 g/mol. The Hall–Kier alpha value is -2.48. The highest BCUT2D eigenvalue weighted by atomic mass is 32.1. The molecule has 0 bridgehead atoms. The first-order chi connectivity index (χ1) is 10.1. The summed E-state index contributed by atoms with van der Waals surface area (Å²) >= 11 is 1.16. The van der Waals surface area contributed by atoms with E-state index in [1.54, 1.807) is 31.4 Å². The number of carbonyl (C=O) groups excluding carboxylic acids is 1. The molecule has 0 saturated carbocycles. The average Bonchev–Trinajstić information content (AvgIpc) is 2.92. The standard InChI is InChI=1S/C13H13N3O4S/c1-20-9-4-2-8(3-5-9)12(19)14-13-16-15-10(21-13)6-7-11(17)18/h2-5H,6-7H2,1H3,(H,17,18)(H,14,16,19). The fourth-order valence-corrected chi connectivity index (χ4v) is 2.27. The number of nitrogens with one attached hydrogen (secondary N) is 1. The number of carboxylic acid groups (broad SMARTS) is 1. The molecule has 1 amide bonds. The maximum Gasteiger partial charge on any atom is 0.303 e. The highest BCUT2D eigenvalue weighted by Gasteiger charge is 2.11. The van der Waals surface area contributed by atoms with E-state index in [0.717, 1.165) is 11.3 Å². The van der Waals surface area contributed by atoms with E-state index in [1.807, 2.05) is 0 Å². The van der Waals surface area contributed by atoms with Crippen LogP contribution in [0.4, 0.5) is 5.13 Å². The Morgan fingerprint density at radius 3 is 2.62 bits per heavy atom. The van der Waals surface area contributed by atoms with Crippen LogP contribution in [0.2, 0.25) is 0 Å². The summed E-state index contributed by atoms with van der Waals surface area (Å²) in [7, 11) is 1.55. The third kappa shape index (κ3) is 4.25. The molecule has 7 nitrogen and oxygen atoms in total. The summed E-state index contributed by atoms with van der Waals surface area (Å²) in [5, 5.41) is 19.8. The molecule has 0 unspecified atom stereocenters. The summed E-state index contributed by atoms with van der Waals surface area (Å²) in [6.45, 7) is 0. The number of aryl methyl sites for hydroxylation is 1. The summed E-state index contributed by atoms with van der Waals surface area (Å²) in [5.74, 6) is -0.536. The highest BCUT2D eigenvalue weighted by Crippen LogP contribution is 2.18. The van der Waals surface area contributed by atoms with E-state index in [1.165, 1.54) is 0 Å². The molecule has 0 saturated heterocycles. The zero-order chi connectivity index (χ0) is 15.2. The lowest BCUT2D eigenvalue weighted by molar-refractivity contribution is -0.136. The number of aromatic nitrogens is 2. The number of carboxylic acids is 1. The van der Waals surface area contributed by atoms with E-state index in [-0.39, 0.29) is 12.3 Å². The van der Waals surface area contributed by atoms with Gasteiger partial charge in [0.1, 0.15) is 10.8 Å². The van der Waals surface area contributed by atoms with Crippen LogP contribution in [0.1, 0.15) is 21.8 Å². The Labute approximate surface area is 124 Å². The molecule has 110 valence electrons. The first-order valence-corrected chi connectivity index (χ1v) is 6.89. The summed E-state index contributed by atoms with van der Waals surface area (Å²) in [6.07, 6.45) is 0.284. The average molecular weight is 307 g/mol. The van der Waals surface area contributed by atoms with Gasteiger partial charge in [-0.1, -0.05) is 11.3 Å². The quantitative estimate of drug-likeness (QED) is 0.844. The number of ether oxygens (including phenoxy) is 1. The molecule has 2 aromatic rings. The number of benzene rings is 1. The van der Waals surface area contributed by atoms with Crippen molar-refractivity contribution in [3.63, 3.8) is 0 Å². The lowest BCUT2D eigenvalue weighted by atomic mass is 10.2. The van der Waals surface area contributed by atoms with Crippen molar-refractivity contribution in [3.8, 4) is 5.75 Å². The largest absolute Gasteiger partial charge is 0.497 e. The number of methoxy groups -OCH3 is 1. The van der Waals surface area contributed by atoms with Crippen LogP contribution in [0.5, 0.6) is 5.75 Å². The summed E-state index contributed by atoms with van der Waals surface area (Å²) < 4.78 is 5.02. The fraction of sp³-hybridized carbons (Fsp3) is 0.231. The number of nitrogens with zero attached hydrogens (tertiary/aromatic N) is 2. The molecule has 1 aromatic heterocycles. The maximum atomic E-state index is 12.0. The van der Waals surface area contributed by atoms with E-state index in [4.69, 9.17) is 9.84 Å². The summed E-state index contributed by atoms with van der Waals surface area (Å²) in [6, 6.07) is 6.65. The number of carbonyl (C=O) groups is 2. The molecule has 0 aliphatic heterocycles. The van der Waals surface area contributed by atoms with Crippen molar-refractivity contribution in [2.24, 2.45) is 0 Å². The Bertz CT molecular complexity index is 639. The zero-order valence-corrected chi connectivity index (χ0v) is 12.0. The van der Waals surface area contributed by atoms with Gasteiger partial charge in [-0.25, -0.2) is 0 Å². The van der Waals surface area contributed by atoms with Gasteiger partial charge in [0.05, 0.1) is 13.5 Å². The highest BCUT2D eigenvalue weighted by molar-refractivity contribution is 7.15. The lowest BCUT2D eigenvalue weighted by Crippen LogP contribution is -2.11. The van der Waals surface area contributed by atoms with E-state index in [9.17, 15) is 9.59 Å². The van der Waals surface area contributed by atoms with Gasteiger partial charge >= 0.3 is 5.97 Å². The second-order valence-electron chi connectivity index (χ2n) is 4.08. The molecule has 0 fully saturated rings. The van der Waals surface area contributed by atoms with Crippen LogP contribution in [-0.4, -0.2) is 34.3 Å². The van der Waals surface area contributed by atoms with Gasteiger partial charge in [-0.05, 0) is 24.3 Å². The number of anilines is 1. The molecule has 1 heterocycles. The fourth-order valence-electron chi connectivity index (χ4n) is 1.53. The van der Waals surface area contributed by atoms with Crippen LogP contribution < -0.4 is 10.1 Å². The molecule has 2 rings (SSSR count). The molecule has 0 aliphatic rings. The van der Waals surface area contributed by atoms with Gasteiger partial charge in [-0.3, -0.25) is 14.9 Å². The molecule has 0 radical (unpaired) electrons. The molecule has 21 heavy (non-hydrogen) atoms. The molecular formula is C13H13N3O4S. The van der Waals surface area contributed by atoms with E-state index in [0.29, 0.717) is 27.9 Å². The SMILES string of the molecule is COc1ccc(C(=O)Nc2nnc(CCC(=O)O)s2)cc1. The molecule has 2 N–H and O–H groups in total. The van der Waals surface area contributed by atoms with Crippen molar-refractivity contribution in [3.05, 3.63) is 34.8 Å². The second kappa shape index (κ2) is 6.80. The minimum absolute atomic E-state index is 0.0128. The number of hydrogen-bond donors (Lipinski definition) is 2. The molecule has 0 aliphatic carbocycles. The van der Waals surface area contributed by atoms with Gasteiger partial charge in [-0.2, -0.15) is 0 Å². The molecule has 0 atom stereocenters. The lowest BCUT2D eigenvalue weighted by Gasteiger charge is -2.02. The van der Waals surface area contributed by atoms with Crippen molar-refractivity contribution in [1.29, 1.82) is 0 Å². The number of rotatable bonds is 6. The molecule has 1 aromatic carbocycles. The van der Waals surface area contributed by atoms with Crippen molar-refractivity contribution in [2.75, 3.05) is 12.4 Å². The normalized spacial score (nSPS) is 10.1. The number of hydrogen-bond acceptors (Lipinski definition) is 6. The van der Waals surface area contributed by atoms with Crippen LogP contribution >= 0.6 is 11.3 Å². The second-order valence-corrected chi connectivity index (χ2v) is 5.14. The van der Waals surface area contributed by atoms with Crippen LogP contribution in [0.15, 0.2) is 24.3 Å². The smallest absolute Gasteiger partial charge is 0.303 e. The van der Waals surface area contributed by atoms with Gasteiger partial charge in [-0.15, -0.1) is 10.2 Å². The zero-order valence-electron chi connectivity index (χ0n) is 11.2. The predicted octanol–water partition coefficient (Wildman–Crippen LogP) is 1.82. The van der Waals surface area contributed by atoms with Crippen LogP contribution in [0, 0.1) is 0 Å². The van der Waals surface area contributed by atoms with Gasteiger partial charge in [0.15, 0.2) is 0 Å². The molecule has 0 spiro atoms. The minimum Gasteiger partial charge on any atom is -0.497 e. The van der Waals surface area contributed by atoms with Gasteiger partial charge in [0.2, 0.25) is 5.13 Å². The van der Waals surface area contributed by atoms with Crippen molar-refractivity contribution >= 4 is 28.3 Å². The van der Waals surface area contributed by atoms with Gasteiger partial charge in [0.25, 0.3) is 5.91 Å². The van der Waals surface area contributed by atoms with E-state index in [2.05, 4.69) is 15.5 Å². The summed E-state index contributed by atoms with van der Waals surface area (Å²) in [4.78, 5) is 22.5. The predicted molar refractivity (Wildman–Crippen MR) is 76.8 cm³/mol. The Balaban J connectivity index is 1.97. The topological polar surface area (TPSA) is 101 Å². The molecule has 8 heteroatoms. The van der Waals surface area contributed by atoms with Gasteiger partial charge < -0.3 is 9.84 Å². The van der Waals surface area contributed by atoms with Crippen LogP contribution in [-0.2, 0) is 11.2 Å². The van der Waals surface area contributed by atoms with E-state index < -0.39 is 5.97 Å². The van der Waals surface area contributed by atoms with Gasteiger partial charge in [0, 0.05) is 12.0 Å². The minimum atomic E-state index is -0.894. The maximum absolute atomic E-state index is 12.0. The Morgan fingerprint density at radius 1 is 1.29 bits per heavy atom. The Morgan fingerprint density at radius 2 is 2.00 bits per heavy atom. The Kier molecular flexibility index (Phi) is 4.83.